The lowest BCUT2D eigenvalue weighted by Gasteiger charge is -2.26. The number of hydrogen-bond acceptors (Lipinski definition) is 5. The highest BCUT2D eigenvalue weighted by Crippen LogP contribution is 2.26. The Morgan fingerprint density at radius 1 is 1.19 bits per heavy atom. The Labute approximate surface area is 182 Å². The number of rotatable bonds is 7. The summed E-state index contributed by atoms with van der Waals surface area (Å²) in [4.78, 5) is 33.8. The van der Waals surface area contributed by atoms with Crippen molar-refractivity contribution in [3.05, 3.63) is 59.7 Å². The third-order valence-corrected chi connectivity index (χ3v) is 5.61. The Bertz CT molecular complexity index is 956. The number of benzene rings is 2. The van der Waals surface area contributed by atoms with Gasteiger partial charge in [0.05, 0.1) is 18.9 Å². The minimum atomic E-state index is -0.300. The highest BCUT2D eigenvalue weighted by atomic mass is 16.6. The SMILES string of the molecule is CON=C1C[C@@H](CC(=O)N(C)CCO)N(C(=O)c2ccc(-c3ccccc3C)cc2)C1. The Morgan fingerprint density at radius 2 is 1.90 bits per heavy atom. The third-order valence-electron chi connectivity index (χ3n) is 5.61. The molecule has 0 aromatic heterocycles. The van der Waals surface area contributed by atoms with Gasteiger partial charge in [0.1, 0.15) is 7.11 Å². The maximum Gasteiger partial charge on any atom is 0.254 e. The molecule has 1 aliphatic rings. The maximum absolute atomic E-state index is 13.3. The number of nitrogens with zero attached hydrogens (tertiary/aromatic N) is 3. The van der Waals surface area contributed by atoms with E-state index in [1.54, 1.807) is 11.9 Å². The van der Waals surface area contributed by atoms with Crippen LogP contribution in [0.25, 0.3) is 11.1 Å². The molecule has 1 saturated heterocycles. The number of carbonyl (C=O) groups excluding carboxylic acids is 2. The monoisotopic (exact) mass is 423 g/mol. The van der Waals surface area contributed by atoms with E-state index in [9.17, 15) is 9.59 Å². The average Bonchev–Trinajstić information content (AvgIpc) is 3.16. The number of carbonyl (C=O) groups is 2. The van der Waals surface area contributed by atoms with E-state index < -0.39 is 0 Å². The minimum Gasteiger partial charge on any atom is -0.399 e. The van der Waals surface area contributed by atoms with E-state index in [2.05, 4.69) is 24.2 Å². The second kappa shape index (κ2) is 10.2. The largest absolute Gasteiger partial charge is 0.399 e. The molecule has 2 aromatic carbocycles. The molecule has 2 aromatic rings. The summed E-state index contributed by atoms with van der Waals surface area (Å²) in [5.41, 5.74) is 4.65. The summed E-state index contributed by atoms with van der Waals surface area (Å²) in [6.45, 7) is 2.55. The molecule has 2 amide bonds. The summed E-state index contributed by atoms with van der Waals surface area (Å²) in [6, 6.07) is 15.4. The topological polar surface area (TPSA) is 82.4 Å². The summed E-state index contributed by atoms with van der Waals surface area (Å²) in [6.07, 6.45) is 0.659. The maximum atomic E-state index is 13.3. The van der Waals surface area contributed by atoms with Crippen LogP contribution in [0, 0.1) is 6.92 Å². The molecular weight excluding hydrogens is 394 g/mol. The average molecular weight is 424 g/mol. The van der Waals surface area contributed by atoms with Gasteiger partial charge in [0.2, 0.25) is 5.91 Å². The predicted molar refractivity (Wildman–Crippen MR) is 120 cm³/mol. The number of aliphatic hydroxyl groups is 1. The number of hydrogen-bond donors (Lipinski definition) is 1. The van der Waals surface area contributed by atoms with Gasteiger partial charge in [-0.1, -0.05) is 41.6 Å². The van der Waals surface area contributed by atoms with E-state index in [0.717, 1.165) is 16.8 Å². The van der Waals surface area contributed by atoms with Crippen molar-refractivity contribution in [2.75, 3.05) is 33.9 Å². The fourth-order valence-electron chi connectivity index (χ4n) is 3.87. The highest BCUT2D eigenvalue weighted by molar-refractivity contribution is 6.01. The molecule has 7 heteroatoms. The first kappa shape index (κ1) is 22.5. The molecule has 0 radical (unpaired) electrons. The van der Waals surface area contributed by atoms with E-state index in [1.165, 1.54) is 17.6 Å². The fourth-order valence-corrected chi connectivity index (χ4v) is 3.87. The first-order valence-corrected chi connectivity index (χ1v) is 10.3. The summed E-state index contributed by atoms with van der Waals surface area (Å²) < 4.78 is 0. The van der Waals surface area contributed by atoms with Crippen molar-refractivity contribution < 1.29 is 19.5 Å². The second-order valence-corrected chi connectivity index (χ2v) is 7.77. The van der Waals surface area contributed by atoms with Crippen LogP contribution < -0.4 is 0 Å². The Hall–Kier alpha value is -3.19. The third kappa shape index (κ3) is 5.30. The molecule has 0 saturated carbocycles. The molecule has 1 heterocycles. The van der Waals surface area contributed by atoms with Crippen LogP contribution >= 0.6 is 0 Å². The number of aliphatic hydroxyl groups excluding tert-OH is 1. The molecule has 3 rings (SSSR count). The van der Waals surface area contributed by atoms with E-state index in [1.807, 2.05) is 36.4 Å². The molecule has 0 aliphatic carbocycles. The van der Waals surface area contributed by atoms with Crippen LogP contribution in [0.15, 0.2) is 53.7 Å². The van der Waals surface area contributed by atoms with Crippen LogP contribution in [0.2, 0.25) is 0 Å². The molecule has 0 unspecified atom stereocenters. The van der Waals surface area contributed by atoms with Crippen LogP contribution in [0.1, 0.15) is 28.8 Å². The van der Waals surface area contributed by atoms with Gasteiger partial charge < -0.3 is 19.7 Å². The Kier molecular flexibility index (Phi) is 7.41. The van der Waals surface area contributed by atoms with E-state index in [-0.39, 0.29) is 37.4 Å². The summed E-state index contributed by atoms with van der Waals surface area (Å²) in [5.74, 6) is -0.259. The smallest absolute Gasteiger partial charge is 0.254 e. The lowest BCUT2D eigenvalue weighted by molar-refractivity contribution is -0.131. The van der Waals surface area contributed by atoms with Crippen LogP contribution in [-0.2, 0) is 9.63 Å². The summed E-state index contributed by atoms with van der Waals surface area (Å²) in [7, 11) is 3.12. The van der Waals surface area contributed by atoms with E-state index in [0.29, 0.717) is 18.5 Å². The van der Waals surface area contributed by atoms with Crippen molar-refractivity contribution in [2.24, 2.45) is 5.16 Å². The lowest BCUT2D eigenvalue weighted by Crippen LogP contribution is -2.40. The van der Waals surface area contributed by atoms with Gasteiger partial charge >= 0.3 is 0 Å². The molecular formula is C24H29N3O4. The molecule has 7 nitrogen and oxygen atoms in total. The van der Waals surface area contributed by atoms with Crippen molar-refractivity contribution in [3.63, 3.8) is 0 Å². The van der Waals surface area contributed by atoms with Crippen LogP contribution in [0.4, 0.5) is 0 Å². The van der Waals surface area contributed by atoms with Crippen molar-refractivity contribution >= 4 is 17.5 Å². The number of oxime groups is 1. The zero-order chi connectivity index (χ0) is 22.4. The summed E-state index contributed by atoms with van der Waals surface area (Å²) >= 11 is 0. The van der Waals surface area contributed by atoms with Gasteiger partial charge in [-0.25, -0.2) is 0 Å². The molecule has 1 fully saturated rings. The number of likely N-dealkylation sites (N-methyl/N-ethyl adjacent to an activating group) is 1. The molecule has 0 spiro atoms. The van der Waals surface area contributed by atoms with Crippen molar-refractivity contribution in [1.29, 1.82) is 0 Å². The quantitative estimate of drug-likeness (QED) is 0.694. The van der Waals surface area contributed by atoms with Crippen LogP contribution in [0.3, 0.4) is 0 Å². The molecule has 1 atom stereocenters. The minimum absolute atomic E-state index is 0.0980. The standard InChI is InChI=1S/C24H29N3O4/c1-17-6-4-5-7-22(17)18-8-10-19(11-9-18)24(30)27-16-20(25-31-3)14-21(27)15-23(29)26(2)12-13-28/h4-11,21,28H,12-16H2,1-3H3/t21-/m0/s1. The van der Waals surface area contributed by atoms with Crippen LogP contribution in [0.5, 0.6) is 0 Å². The van der Waals surface area contributed by atoms with Gasteiger partial charge in [0, 0.05) is 38.0 Å². The molecule has 1 N–H and O–H groups in total. The van der Waals surface area contributed by atoms with E-state index in [4.69, 9.17) is 9.94 Å². The normalized spacial score (nSPS) is 17.1. The lowest BCUT2D eigenvalue weighted by atomic mass is 9.99. The zero-order valence-corrected chi connectivity index (χ0v) is 18.2. The number of aryl methyl sites for hydroxylation is 1. The molecule has 164 valence electrons. The van der Waals surface area contributed by atoms with Crippen molar-refractivity contribution in [3.8, 4) is 11.1 Å². The molecule has 1 aliphatic heterocycles. The Morgan fingerprint density at radius 3 is 2.55 bits per heavy atom. The Balaban J connectivity index is 1.79. The molecule has 0 bridgehead atoms. The summed E-state index contributed by atoms with van der Waals surface area (Å²) in [5, 5.41) is 13.1. The number of amides is 2. The van der Waals surface area contributed by atoms with Gasteiger partial charge in [0.25, 0.3) is 5.91 Å². The predicted octanol–water partition coefficient (Wildman–Crippen LogP) is 2.72. The van der Waals surface area contributed by atoms with Gasteiger partial charge in [-0.2, -0.15) is 0 Å². The van der Waals surface area contributed by atoms with Crippen molar-refractivity contribution in [1.82, 2.24) is 9.80 Å². The molecule has 31 heavy (non-hydrogen) atoms. The highest BCUT2D eigenvalue weighted by Gasteiger charge is 2.35. The fraction of sp³-hybridized carbons (Fsp3) is 0.375. The van der Waals surface area contributed by atoms with Gasteiger partial charge in [-0.3, -0.25) is 9.59 Å². The first-order chi connectivity index (χ1) is 14.9. The van der Waals surface area contributed by atoms with E-state index >= 15 is 0 Å². The van der Waals surface area contributed by atoms with Gasteiger partial charge in [0.15, 0.2) is 0 Å². The first-order valence-electron chi connectivity index (χ1n) is 10.3. The second-order valence-electron chi connectivity index (χ2n) is 7.77. The van der Waals surface area contributed by atoms with Gasteiger partial charge in [-0.05, 0) is 35.7 Å². The number of likely N-dealkylation sites (tertiary alicyclic amines) is 1. The van der Waals surface area contributed by atoms with Crippen LogP contribution in [-0.4, -0.2) is 72.3 Å². The van der Waals surface area contributed by atoms with Crippen molar-refractivity contribution in [2.45, 2.75) is 25.8 Å². The zero-order valence-electron chi connectivity index (χ0n) is 18.2. The van der Waals surface area contributed by atoms with Gasteiger partial charge in [-0.15, -0.1) is 0 Å².